The van der Waals surface area contributed by atoms with E-state index in [0.717, 1.165) is 5.56 Å². The Hall–Kier alpha value is -3.47. The minimum atomic E-state index is -1.21. The number of carbonyl (C=O) groups excluding carboxylic acids is 4. The molecule has 1 fully saturated rings. The SMILES string of the molecule is CC(C)C[C@H](NC(=O)[C@@H](N)CC(N)=O)C(=O)N[C@@H](Cc1ccccc1)C(=O)N1CCC[C@@H]1C(=O)O. The molecule has 0 radical (unpaired) electrons. The third-order valence-electron chi connectivity index (χ3n) is 5.82. The van der Waals surface area contributed by atoms with E-state index in [-0.39, 0.29) is 31.7 Å². The third kappa shape index (κ3) is 8.36. The predicted octanol–water partition coefficient (Wildman–Crippen LogP) is -0.477. The van der Waals surface area contributed by atoms with Crippen molar-refractivity contribution in [1.29, 1.82) is 0 Å². The lowest BCUT2D eigenvalue weighted by molar-refractivity contribution is -0.149. The fraction of sp³-hybridized carbons (Fsp3) is 0.542. The van der Waals surface area contributed by atoms with Gasteiger partial charge < -0.3 is 32.1 Å². The highest BCUT2D eigenvalue weighted by molar-refractivity contribution is 5.95. The van der Waals surface area contributed by atoms with Crippen molar-refractivity contribution in [2.24, 2.45) is 17.4 Å². The first-order chi connectivity index (χ1) is 16.5. The monoisotopic (exact) mass is 489 g/mol. The van der Waals surface area contributed by atoms with Gasteiger partial charge in [-0.05, 0) is 30.7 Å². The Morgan fingerprint density at radius 3 is 2.26 bits per heavy atom. The normalized spacial score (nSPS) is 17.9. The smallest absolute Gasteiger partial charge is 0.326 e. The number of carbonyl (C=O) groups is 5. The number of primary amides is 1. The quantitative estimate of drug-likeness (QED) is 0.262. The van der Waals surface area contributed by atoms with Crippen LogP contribution in [0.2, 0.25) is 0 Å². The summed E-state index contributed by atoms with van der Waals surface area (Å²) in [6, 6.07) is 4.84. The first kappa shape index (κ1) is 27.8. The Kier molecular flexibility index (Phi) is 10.2. The van der Waals surface area contributed by atoms with E-state index in [1.807, 2.05) is 19.9 Å². The van der Waals surface area contributed by atoms with Crippen molar-refractivity contribution in [3.05, 3.63) is 35.9 Å². The van der Waals surface area contributed by atoms with Gasteiger partial charge in [0, 0.05) is 13.0 Å². The summed E-state index contributed by atoms with van der Waals surface area (Å²) >= 11 is 0. The van der Waals surface area contributed by atoms with Crippen molar-refractivity contribution in [2.75, 3.05) is 6.54 Å². The number of nitrogens with two attached hydrogens (primary N) is 2. The maximum absolute atomic E-state index is 13.4. The van der Waals surface area contributed by atoms with Gasteiger partial charge in [0.05, 0.1) is 12.5 Å². The van der Waals surface area contributed by atoms with E-state index in [2.05, 4.69) is 10.6 Å². The molecule has 1 heterocycles. The third-order valence-corrected chi connectivity index (χ3v) is 5.82. The predicted molar refractivity (Wildman–Crippen MR) is 128 cm³/mol. The number of hydrogen-bond acceptors (Lipinski definition) is 6. The fourth-order valence-electron chi connectivity index (χ4n) is 4.10. The molecule has 0 spiro atoms. The van der Waals surface area contributed by atoms with Crippen LogP contribution in [0.5, 0.6) is 0 Å². The lowest BCUT2D eigenvalue weighted by atomic mass is 10.00. The van der Waals surface area contributed by atoms with E-state index in [0.29, 0.717) is 12.8 Å². The molecule has 11 nitrogen and oxygen atoms in total. The molecule has 1 saturated heterocycles. The average molecular weight is 490 g/mol. The van der Waals surface area contributed by atoms with Gasteiger partial charge in [0.15, 0.2) is 0 Å². The van der Waals surface area contributed by atoms with Gasteiger partial charge in [-0.1, -0.05) is 44.2 Å². The standard InChI is InChI=1S/C24H35N5O6/c1-14(2)11-17(27-21(31)16(25)13-20(26)30)22(32)28-18(12-15-7-4-3-5-8-15)23(33)29-10-6-9-19(29)24(34)35/h3-5,7-8,14,16-19H,6,9-13,25H2,1-2H3,(H2,26,30)(H,27,31)(H,28,32)(H,34,35)/t16-,17-,18-,19+/m0/s1. The highest BCUT2D eigenvalue weighted by atomic mass is 16.4. The Morgan fingerprint density at radius 2 is 1.69 bits per heavy atom. The second-order valence-electron chi connectivity index (χ2n) is 9.25. The Labute approximate surface area is 204 Å². The van der Waals surface area contributed by atoms with Crippen molar-refractivity contribution >= 4 is 29.6 Å². The Balaban J connectivity index is 2.24. The maximum Gasteiger partial charge on any atom is 0.326 e. The first-order valence-corrected chi connectivity index (χ1v) is 11.7. The number of nitrogens with one attached hydrogen (secondary N) is 2. The highest BCUT2D eigenvalue weighted by Crippen LogP contribution is 2.20. The van der Waals surface area contributed by atoms with E-state index in [1.54, 1.807) is 24.3 Å². The number of likely N-dealkylation sites (tertiary alicyclic amines) is 1. The van der Waals surface area contributed by atoms with Crippen LogP contribution in [0.1, 0.15) is 45.1 Å². The number of rotatable bonds is 12. The molecule has 192 valence electrons. The van der Waals surface area contributed by atoms with Gasteiger partial charge in [0.1, 0.15) is 18.1 Å². The minimum Gasteiger partial charge on any atom is -0.480 e. The van der Waals surface area contributed by atoms with Gasteiger partial charge in [-0.3, -0.25) is 19.2 Å². The molecule has 0 unspecified atom stereocenters. The zero-order chi connectivity index (χ0) is 26.1. The summed E-state index contributed by atoms with van der Waals surface area (Å²) in [4.78, 5) is 63.1. The minimum absolute atomic E-state index is 0.0108. The molecule has 11 heteroatoms. The lowest BCUT2D eigenvalue weighted by Gasteiger charge is -2.29. The molecule has 4 atom stereocenters. The number of carboxylic acids is 1. The second kappa shape index (κ2) is 12.8. The van der Waals surface area contributed by atoms with E-state index in [4.69, 9.17) is 11.5 Å². The van der Waals surface area contributed by atoms with Crippen molar-refractivity contribution in [3.8, 4) is 0 Å². The Bertz CT molecular complexity index is 922. The Morgan fingerprint density at radius 1 is 1.06 bits per heavy atom. The topological polar surface area (TPSA) is 185 Å². The molecule has 1 aromatic carbocycles. The molecular formula is C24H35N5O6. The molecule has 0 saturated carbocycles. The molecule has 7 N–H and O–H groups in total. The largest absolute Gasteiger partial charge is 0.480 e. The fourth-order valence-corrected chi connectivity index (χ4v) is 4.10. The van der Waals surface area contributed by atoms with Gasteiger partial charge >= 0.3 is 5.97 Å². The summed E-state index contributed by atoms with van der Waals surface area (Å²) in [6.45, 7) is 4.01. The average Bonchev–Trinajstić information content (AvgIpc) is 3.28. The van der Waals surface area contributed by atoms with Gasteiger partial charge in [0.2, 0.25) is 23.6 Å². The van der Waals surface area contributed by atoms with Crippen molar-refractivity contribution < 1.29 is 29.1 Å². The number of nitrogens with zero attached hydrogens (tertiary/aromatic N) is 1. The molecule has 0 aliphatic carbocycles. The maximum atomic E-state index is 13.4. The van der Waals surface area contributed by atoms with Gasteiger partial charge in [-0.25, -0.2) is 4.79 Å². The van der Waals surface area contributed by atoms with E-state index < -0.39 is 53.8 Å². The zero-order valence-electron chi connectivity index (χ0n) is 20.1. The molecule has 2 rings (SSSR count). The van der Waals surface area contributed by atoms with Crippen LogP contribution in [0.3, 0.4) is 0 Å². The molecule has 0 aromatic heterocycles. The van der Waals surface area contributed by atoms with Gasteiger partial charge in [-0.2, -0.15) is 0 Å². The first-order valence-electron chi connectivity index (χ1n) is 11.7. The number of hydrogen-bond donors (Lipinski definition) is 5. The number of amides is 4. The summed E-state index contributed by atoms with van der Waals surface area (Å²) in [5, 5.41) is 14.8. The van der Waals surface area contributed by atoms with Crippen molar-refractivity contribution in [3.63, 3.8) is 0 Å². The highest BCUT2D eigenvalue weighted by Gasteiger charge is 2.38. The van der Waals surface area contributed by atoms with E-state index in [9.17, 15) is 29.1 Å². The van der Waals surface area contributed by atoms with Crippen LogP contribution in [0.15, 0.2) is 30.3 Å². The van der Waals surface area contributed by atoms with Crippen LogP contribution in [0, 0.1) is 5.92 Å². The number of carboxylic acid groups (broad SMARTS) is 1. The molecule has 35 heavy (non-hydrogen) atoms. The number of aliphatic carboxylic acids is 1. The summed E-state index contributed by atoms with van der Waals surface area (Å²) in [7, 11) is 0. The molecular weight excluding hydrogens is 454 g/mol. The van der Waals surface area contributed by atoms with Crippen molar-refractivity contribution in [1.82, 2.24) is 15.5 Å². The lowest BCUT2D eigenvalue weighted by Crippen LogP contribution is -2.58. The molecule has 1 aliphatic rings. The molecule has 1 aliphatic heterocycles. The van der Waals surface area contributed by atoms with Crippen LogP contribution >= 0.6 is 0 Å². The van der Waals surface area contributed by atoms with E-state index >= 15 is 0 Å². The summed E-state index contributed by atoms with van der Waals surface area (Å²) in [6.07, 6.45) is 0.935. The van der Waals surface area contributed by atoms with Gasteiger partial charge in [0.25, 0.3) is 0 Å². The van der Waals surface area contributed by atoms with Crippen molar-refractivity contribution in [2.45, 2.75) is 70.1 Å². The molecule has 1 aromatic rings. The zero-order valence-corrected chi connectivity index (χ0v) is 20.1. The van der Waals surface area contributed by atoms with Crippen LogP contribution in [0.25, 0.3) is 0 Å². The summed E-state index contributed by atoms with van der Waals surface area (Å²) in [5.74, 6) is -3.62. The van der Waals surface area contributed by atoms with Gasteiger partial charge in [-0.15, -0.1) is 0 Å². The van der Waals surface area contributed by atoms with Crippen LogP contribution in [-0.2, 0) is 30.4 Å². The van der Waals surface area contributed by atoms with Crippen LogP contribution in [0.4, 0.5) is 0 Å². The summed E-state index contributed by atoms with van der Waals surface area (Å²) < 4.78 is 0. The van der Waals surface area contributed by atoms with Crippen LogP contribution in [-0.4, -0.2) is 70.3 Å². The molecule has 4 amide bonds. The number of benzene rings is 1. The summed E-state index contributed by atoms with van der Waals surface area (Å²) in [5.41, 5.74) is 11.6. The molecule has 0 bridgehead atoms. The van der Waals surface area contributed by atoms with E-state index in [1.165, 1.54) is 4.90 Å². The van der Waals surface area contributed by atoms with Crippen LogP contribution < -0.4 is 22.1 Å². The second-order valence-corrected chi connectivity index (χ2v) is 9.25.